The highest BCUT2D eigenvalue weighted by Gasteiger charge is 2.26. The third kappa shape index (κ3) is 4.93. The Hall–Kier alpha value is -3.34. The average Bonchev–Trinajstić information content (AvgIpc) is 2.76. The third-order valence-corrected chi connectivity index (χ3v) is 4.99. The predicted molar refractivity (Wildman–Crippen MR) is 115 cm³/mol. The Morgan fingerprint density at radius 1 is 1.00 bits per heavy atom. The van der Waals surface area contributed by atoms with Gasteiger partial charge in [0.1, 0.15) is 11.8 Å². The van der Waals surface area contributed by atoms with Crippen LogP contribution in [0, 0.1) is 6.92 Å². The second-order valence-electron chi connectivity index (χ2n) is 7.06. The Morgan fingerprint density at radius 2 is 1.69 bits per heavy atom. The van der Waals surface area contributed by atoms with Crippen LogP contribution in [-0.2, 0) is 16.1 Å². The van der Waals surface area contributed by atoms with Crippen LogP contribution in [-0.4, -0.2) is 36.4 Å². The molecule has 0 aliphatic carbocycles. The van der Waals surface area contributed by atoms with Crippen LogP contribution in [0.1, 0.15) is 18.1 Å². The van der Waals surface area contributed by atoms with Crippen molar-refractivity contribution in [3.63, 3.8) is 0 Å². The van der Waals surface area contributed by atoms with E-state index in [0.29, 0.717) is 12.3 Å². The van der Waals surface area contributed by atoms with Gasteiger partial charge in [0.2, 0.25) is 5.91 Å². The van der Waals surface area contributed by atoms with Crippen molar-refractivity contribution in [3.8, 4) is 5.75 Å². The Bertz CT molecular complexity index is 993. The minimum absolute atomic E-state index is 0.138. The summed E-state index contributed by atoms with van der Waals surface area (Å²) in [5.41, 5.74) is 2.11. The molecule has 1 atom stereocenters. The van der Waals surface area contributed by atoms with Crippen LogP contribution < -0.4 is 10.1 Å². The normalized spacial score (nSPS) is 11.7. The van der Waals surface area contributed by atoms with Gasteiger partial charge >= 0.3 is 0 Å². The molecule has 0 aliphatic heterocycles. The van der Waals surface area contributed by atoms with Crippen molar-refractivity contribution in [2.24, 2.45) is 0 Å². The summed E-state index contributed by atoms with van der Waals surface area (Å²) in [6.07, 6.45) is 0. The van der Waals surface area contributed by atoms with Gasteiger partial charge in [-0.25, -0.2) is 0 Å². The fourth-order valence-corrected chi connectivity index (χ4v) is 3.23. The molecule has 3 rings (SSSR count). The number of hydrogen-bond donors (Lipinski definition) is 1. The number of fused-ring (bicyclic) bond motifs is 1. The maximum atomic E-state index is 13.0. The zero-order chi connectivity index (χ0) is 20.8. The van der Waals surface area contributed by atoms with Gasteiger partial charge in [-0.3, -0.25) is 9.59 Å². The van der Waals surface area contributed by atoms with Crippen LogP contribution in [0.3, 0.4) is 0 Å². The molecule has 0 aliphatic rings. The Labute approximate surface area is 171 Å². The molecule has 150 valence electrons. The van der Waals surface area contributed by atoms with Gasteiger partial charge in [-0.2, -0.15) is 0 Å². The number of rotatable bonds is 7. The van der Waals surface area contributed by atoms with E-state index >= 15 is 0 Å². The molecule has 0 bridgehead atoms. The van der Waals surface area contributed by atoms with Crippen molar-refractivity contribution >= 4 is 22.6 Å². The molecule has 3 aromatic rings. The lowest BCUT2D eigenvalue weighted by molar-refractivity contribution is -0.142. The van der Waals surface area contributed by atoms with Crippen molar-refractivity contribution in [1.82, 2.24) is 10.2 Å². The smallest absolute Gasteiger partial charge is 0.261 e. The highest BCUT2D eigenvalue weighted by Crippen LogP contribution is 2.25. The first-order valence-electron chi connectivity index (χ1n) is 9.66. The number of amides is 2. The summed E-state index contributed by atoms with van der Waals surface area (Å²) in [5, 5.41) is 4.62. The molecule has 0 fully saturated rings. The second-order valence-corrected chi connectivity index (χ2v) is 7.06. The number of ether oxygens (including phenoxy) is 1. The van der Waals surface area contributed by atoms with Gasteiger partial charge in [-0.15, -0.1) is 0 Å². The average molecular weight is 390 g/mol. The Morgan fingerprint density at radius 3 is 2.41 bits per heavy atom. The van der Waals surface area contributed by atoms with E-state index in [4.69, 9.17) is 4.74 Å². The van der Waals surface area contributed by atoms with Crippen molar-refractivity contribution in [2.45, 2.75) is 26.4 Å². The number of nitrogens with zero attached hydrogens (tertiary/aromatic N) is 1. The van der Waals surface area contributed by atoms with Crippen molar-refractivity contribution in [2.75, 3.05) is 13.7 Å². The largest absolute Gasteiger partial charge is 0.483 e. The summed E-state index contributed by atoms with van der Waals surface area (Å²) >= 11 is 0. The first-order valence-corrected chi connectivity index (χ1v) is 9.66. The topological polar surface area (TPSA) is 58.6 Å². The van der Waals surface area contributed by atoms with E-state index in [-0.39, 0.29) is 18.4 Å². The molecule has 2 amide bonds. The highest BCUT2D eigenvalue weighted by atomic mass is 16.5. The Kier molecular flexibility index (Phi) is 6.50. The standard InChI is InChI=1S/C24H26N2O3/c1-17-11-13-19(14-12-17)15-26(18(2)24(28)25-3)23(27)16-29-22-10-6-8-20-7-4-5-9-21(20)22/h4-14,18H,15-16H2,1-3H3,(H,25,28)/t18-/m1/s1. The third-order valence-electron chi connectivity index (χ3n) is 4.99. The van der Waals surface area contributed by atoms with Gasteiger partial charge in [-0.05, 0) is 30.9 Å². The maximum Gasteiger partial charge on any atom is 0.261 e. The maximum absolute atomic E-state index is 13.0. The zero-order valence-corrected chi connectivity index (χ0v) is 17.0. The van der Waals surface area contributed by atoms with Crippen molar-refractivity contribution < 1.29 is 14.3 Å². The van der Waals surface area contributed by atoms with Gasteiger partial charge in [0, 0.05) is 19.0 Å². The molecule has 1 N–H and O–H groups in total. The monoisotopic (exact) mass is 390 g/mol. The van der Waals surface area contributed by atoms with E-state index in [0.717, 1.165) is 21.9 Å². The highest BCUT2D eigenvalue weighted by molar-refractivity contribution is 5.90. The van der Waals surface area contributed by atoms with Gasteiger partial charge < -0.3 is 15.0 Å². The summed E-state index contributed by atoms with van der Waals surface area (Å²) < 4.78 is 5.86. The van der Waals surface area contributed by atoms with Crippen LogP contribution in [0.4, 0.5) is 0 Å². The molecule has 0 heterocycles. The van der Waals surface area contributed by atoms with Crippen molar-refractivity contribution in [1.29, 1.82) is 0 Å². The number of likely N-dealkylation sites (N-methyl/N-ethyl adjacent to an activating group) is 1. The molecule has 0 spiro atoms. The molecule has 0 radical (unpaired) electrons. The lowest BCUT2D eigenvalue weighted by atomic mass is 10.1. The minimum atomic E-state index is -0.607. The SMILES string of the molecule is CNC(=O)[C@@H](C)N(Cc1ccc(C)cc1)C(=O)COc1cccc2ccccc12. The number of carbonyl (C=O) groups is 2. The van der Waals surface area contributed by atoms with E-state index in [1.165, 1.54) is 0 Å². The lowest BCUT2D eigenvalue weighted by Crippen LogP contribution is -2.48. The summed E-state index contributed by atoms with van der Waals surface area (Å²) in [6.45, 7) is 3.94. The van der Waals surface area contributed by atoms with Crippen LogP contribution in [0.2, 0.25) is 0 Å². The van der Waals surface area contributed by atoms with E-state index in [1.54, 1.807) is 18.9 Å². The fourth-order valence-electron chi connectivity index (χ4n) is 3.23. The van der Waals surface area contributed by atoms with E-state index < -0.39 is 6.04 Å². The summed E-state index contributed by atoms with van der Waals surface area (Å²) in [7, 11) is 1.57. The molecule has 3 aromatic carbocycles. The zero-order valence-electron chi connectivity index (χ0n) is 17.0. The van der Waals surface area contributed by atoms with Gasteiger partial charge in [-0.1, -0.05) is 66.2 Å². The minimum Gasteiger partial charge on any atom is -0.483 e. The number of aryl methyl sites for hydroxylation is 1. The molecule has 5 heteroatoms. The molecule has 0 aromatic heterocycles. The van der Waals surface area contributed by atoms with Crippen LogP contribution >= 0.6 is 0 Å². The number of nitrogens with one attached hydrogen (secondary N) is 1. The number of carbonyl (C=O) groups excluding carboxylic acids is 2. The van der Waals surface area contributed by atoms with Crippen molar-refractivity contribution in [3.05, 3.63) is 77.9 Å². The van der Waals surface area contributed by atoms with E-state index in [2.05, 4.69) is 5.32 Å². The van der Waals surface area contributed by atoms with Gasteiger partial charge in [0.25, 0.3) is 5.91 Å². The molecular weight excluding hydrogens is 364 g/mol. The molecular formula is C24H26N2O3. The summed E-state index contributed by atoms with van der Waals surface area (Å²) in [4.78, 5) is 26.8. The van der Waals surface area contributed by atoms with Crippen LogP contribution in [0.15, 0.2) is 66.7 Å². The molecule has 5 nitrogen and oxygen atoms in total. The quantitative estimate of drug-likeness (QED) is 0.669. The van der Waals surface area contributed by atoms with E-state index in [1.807, 2.05) is 73.7 Å². The van der Waals surface area contributed by atoms with E-state index in [9.17, 15) is 9.59 Å². The predicted octanol–water partition coefficient (Wildman–Crippen LogP) is 3.69. The second kappa shape index (κ2) is 9.24. The summed E-state index contributed by atoms with van der Waals surface area (Å²) in [5.74, 6) is 0.199. The summed E-state index contributed by atoms with van der Waals surface area (Å²) in [6, 6.07) is 20.9. The fraction of sp³-hybridized carbons (Fsp3) is 0.250. The first-order chi connectivity index (χ1) is 14.0. The number of benzene rings is 3. The molecule has 0 saturated carbocycles. The van der Waals surface area contributed by atoms with Crippen LogP contribution in [0.5, 0.6) is 5.75 Å². The molecule has 0 unspecified atom stereocenters. The lowest BCUT2D eigenvalue weighted by Gasteiger charge is -2.28. The molecule has 29 heavy (non-hydrogen) atoms. The number of hydrogen-bond acceptors (Lipinski definition) is 3. The van der Waals surface area contributed by atoms with Crippen LogP contribution in [0.25, 0.3) is 10.8 Å². The molecule has 0 saturated heterocycles. The van der Waals surface area contributed by atoms with Gasteiger partial charge in [0.15, 0.2) is 6.61 Å². The van der Waals surface area contributed by atoms with Gasteiger partial charge in [0.05, 0.1) is 0 Å². The Balaban J connectivity index is 1.78. The first kappa shape index (κ1) is 20.4.